The standard InChI is InChI=1S/C16H12N4OS/c1-21-11-8-6-10(7-9-11)17-16-20-19-14-12-4-2-3-5-13(12)18-15(14)22-16/h2-9,18H,1H3. The topological polar surface area (TPSA) is 63.2 Å². The van der Waals surface area contributed by atoms with Crippen LogP contribution >= 0.6 is 11.3 Å². The van der Waals surface area contributed by atoms with Gasteiger partial charge in [0.25, 0.3) is 0 Å². The van der Waals surface area contributed by atoms with Gasteiger partial charge >= 0.3 is 0 Å². The summed E-state index contributed by atoms with van der Waals surface area (Å²) in [6.07, 6.45) is 0. The maximum absolute atomic E-state index is 5.14. The summed E-state index contributed by atoms with van der Waals surface area (Å²) in [6.45, 7) is 0. The second-order valence-electron chi connectivity index (χ2n) is 4.74. The van der Waals surface area contributed by atoms with Gasteiger partial charge in [-0.2, -0.15) is 0 Å². The molecule has 0 aliphatic heterocycles. The van der Waals surface area contributed by atoms with Crippen LogP contribution in [0.25, 0.3) is 21.3 Å². The van der Waals surface area contributed by atoms with E-state index in [1.807, 2.05) is 48.5 Å². The SMILES string of the molecule is COc1ccc(N=c2nnc3c([nH]c4ccccc43)s2)cc1. The van der Waals surface area contributed by atoms with Crippen LogP contribution in [-0.4, -0.2) is 22.3 Å². The van der Waals surface area contributed by atoms with E-state index in [-0.39, 0.29) is 0 Å². The van der Waals surface area contributed by atoms with E-state index in [4.69, 9.17) is 4.74 Å². The van der Waals surface area contributed by atoms with Crippen molar-refractivity contribution in [1.29, 1.82) is 0 Å². The lowest BCUT2D eigenvalue weighted by Crippen LogP contribution is -2.03. The van der Waals surface area contributed by atoms with Gasteiger partial charge in [-0.15, -0.1) is 10.2 Å². The van der Waals surface area contributed by atoms with Crippen LogP contribution in [0.3, 0.4) is 0 Å². The monoisotopic (exact) mass is 308 g/mol. The van der Waals surface area contributed by atoms with Crippen molar-refractivity contribution in [1.82, 2.24) is 15.2 Å². The van der Waals surface area contributed by atoms with Gasteiger partial charge in [0.05, 0.1) is 12.8 Å². The van der Waals surface area contributed by atoms with Gasteiger partial charge in [0.2, 0.25) is 4.80 Å². The Morgan fingerprint density at radius 2 is 1.86 bits per heavy atom. The lowest BCUT2D eigenvalue weighted by atomic mass is 10.2. The first-order chi connectivity index (χ1) is 10.8. The highest BCUT2D eigenvalue weighted by Gasteiger charge is 2.05. The maximum Gasteiger partial charge on any atom is 0.232 e. The van der Waals surface area contributed by atoms with Crippen LogP contribution in [-0.2, 0) is 0 Å². The third-order valence-corrected chi connectivity index (χ3v) is 4.23. The number of nitrogens with zero attached hydrogens (tertiary/aromatic N) is 3. The molecule has 22 heavy (non-hydrogen) atoms. The second-order valence-corrected chi connectivity index (χ2v) is 5.72. The zero-order valence-corrected chi connectivity index (χ0v) is 12.6. The Hall–Kier alpha value is -2.73. The molecule has 0 radical (unpaired) electrons. The molecule has 0 atom stereocenters. The van der Waals surface area contributed by atoms with Gasteiger partial charge in [0.15, 0.2) is 0 Å². The zero-order chi connectivity index (χ0) is 14.9. The summed E-state index contributed by atoms with van der Waals surface area (Å²) < 4.78 is 5.14. The van der Waals surface area contributed by atoms with E-state index in [0.717, 1.165) is 32.7 Å². The van der Waals surface area contributed by atoms with Crippen molar-refractivity contribution in [2.24, 2.45) is 4.99 Å². The zero-order valence-electron chi connectivity index (χ0n) is 11.8. The quantitative estimate of drug-likeness (QED) is 0.617. The van der Waals surface area contributed by atoms with Crippen molar-refractivity contribution in [3.63, 3.8) is 0 Å². The Kier molecular flexibility index (Phi) is 3.08. The van der Waals surface area contributed by atoms with Gasteiger partial charge in [0.1, 0.15) is 16.1 Å². The van der Waals surface area contributed by atoms with Crippen LogP contribution in [0.15, 0.2) is 53.5 Å². The molecule has 1 N–H and O–H groups in total. The van der Waals surface area contributed by atoms with Crippen molar-refractivity contribution >= 4 is 38.3 Å². The first-order valence-electron chi connectivity index (χ1n) is 6.76. The van der Waals surface area contributed by atoms with Crippen molar-refractivity contribution in [3.8, 4) is 5.75 Å². The molecule has 0 unspecified atom stereocenters. The Labute approximate surface area is 129 Å². The fourth-order valence-corrected chi connectivity index (χ4v) is 3.12. The molecule has 0 aliphatic carbocycles. The first-order valence-corrected chi connectivity index (χ1v) is 7.58. The normalized spacial score (nSPS) is 12.1. The summed E-state index contributed by atoms with van der Waals surface area (Å²) in [5.41, 5.74) is 2.76. The number of hydrogen-bond donors (Lipinski definition) is 1. The van der Waals surface area contributed by atoms with Gasteiger partial charge in [-0.1, -0.05) is 29.5 Å². The molecule has 5 nitrogen and oxygen atoms in total. The minimum Gasteiger partial charge on any atom is -0.497 e. The van der Waals surface area contributed by atoms with Crippen LogP contribution in [0.1, 0.15) is 0 Å². The van der Waals surface area contributed by atoms with Gasteiger partial charge in [-0.25, -0.2) is 4.99 Å². The molecule has 4 rings (SSSR count). The van der Waals surface area contributed by atoms with E-state index in [1.165, 1.54) is 11.3 Å². The fraction of sp³-hybridized carbons (Fsp3) is 0.0625. The molecule has 0 saturated heterocycles. The van der Waals surface area contributed by atoms with Crippen LogP contribution in [0.5, 0.6) is 5.75 Å². The van der Waals surface area contributed by atoms with E-state index in [0.29, 0.717) is 4.80 Å². The number of ether oxygens (including phenoxy) is 1. The molecule has 2 heterocycles. The van der Waals surface area contributed by atoms with Gasteiger partial charge in [0, 0.05) is 10.9 Å². The summed E-state index contributed by atoms with van der Waals surface area (Å²) in [5.74, 6) is 0.805. The average Bonchev–Trinajstić information content (AvgIpc) is 2.93. The number of benzene rings is 2. The maximum atomic E-state index is 5.14. The second kappa shape index (κ2) is 5.23. The summed E-state index contributed by atoms with van der Waals surface area (Å²) in [4.78, 5) is 9.46. The third kappa shape index (κ3) is 2.23. The Morgan fingerprint density at radius 3 is 2.68 bits per heavy atom. The van der Waals surface area contributed by atoms with Gasteiger partial charge < -0.3 is 9.72 Å². The Morgan fingerprint density at radius 1 is 1.05 bits per heavy atom. The summed E-state index contributed by atoms with van der Waals surface area (Å²) in [5, 5.41) is 9.61. The van der Waals surface area contributed by atoms with Crippen LogP contribution in [0.2, 0.25) is 0 Å². The molecule has 0 saturated carbocycles. The Balaban J connectivity index is 1.84. The van der Waals surface area contributed by atoms with Crippen LogP contribution in [0, 0.1) is 0 Å². The van der Waals surface area contributed by atoms with Crippen LogP contribution in [0.4, 0.5) is 5.69 Å². The number of methoxy groups -OCH3 is 1. The molecule has 0 bridgehead atoms. The molecule has 4 aromatic rings. The predicted octanol–water partition coefficient (Wildman–Crippen LogP) is 3.41. The van der Waals surface area contributed by atoms with E-state index < -0.39 is 0 Å². The highest BCUT2D eigenvalue weighted by Crippen LogP contribution is 2.23. The van der Waals surface area contributed by atoms with Crippen molar-refractivity contribution in [2.45, 2.75) is 0 Å². The van der Waals surface area contributed by atoms with Crippen LogP contribution < -0.4 is 9.54 Å². The number of H-pyrrole nitrogens is 1. The molecule has 2 aromatic heterocycles. The molecule has 0 aliphatic rings. The van der Waals surface area contributed by atoms with E-state index in [2.05, 4.69) is 20.2 Å². The predicted molar refractivity (Wildman–Crippen MR) is 87.5 cm³/mol. The highest BCUT2D eigenvalue weighted by molar-refractivity contribution is 7.15. The third-order valence-electron chi connectivity index (χ3n) is 3.37. The molecule has 108 valence electrons. The van der Waals surface area contributed by atoms with Crippen molar-refractivity contribution < 1.29 is 4.74 Å². The number of fused-ring (bicyclic) bond motifs is 3. The van der Waals surface area contributed by atoms with Crippen molar-refractivity contribution in [2.75, 3.05) is 7.11 Å². The summed E-state index contributed by atoms with van der Waals surface area (Å²) >= 11 is 1.49. The molecular weight excluding hydrogens is 296 g/mol. The lowest BCUT2D eigenvalue weighted by molar-refractivity contribution is 0.415. The van der Waals surface area contributed by atoms with E-state index in [1.54, 1.807) is 7.11 Å². The van der Waals surface area contributed by atoms with Crippen molar-refractivity contribution in [3.05, 3.63) is 53.3 Å². The fourth-order valence-electron chi connectivity index (χ4n) is 2.29. The number of aromatic nitrogens is 3. The van der Waals surface area contributed by atoms with Gasteiger partial charge in [-0.05, 0) is 30.3 Å². The molecule has 0 amide bonds. The molecule has 0 spiro atoms. The smallest absolute Gasteiger partial charge is 0.232 e. The minimum absolute atomic E-state index is 0.615. The molecule has 2 aromatic carbocycles. The van der Waals surface area contributed by atoms with E-state index in [9.17, 15) is 0 Å². The van der Waals surface area contributed by atoms with Gasteiger partial charge in [-0.3, -0.25) is 0 Å². The number of nitrogens with one attached hydrogen (secondary N) is 1. The summed E-state index contributed by atoms with van der Waals surface area (Å²) in [7, 11) is 1.64. The number of hydrogen-bond acceptors (Lipinski definition) is 5. The number of aromatic amines is 1. The average molecular weight is 308 g/mol. The number of para-hydroxylation sites is 1. The lowest BCUT2D eigenvalue weighted by Gasteiger charge is -1.98. The molecule has 6 heteroatoms. The largest absolute Gasteiger partial charge is 0.497 e. The summed E-state index contributed by atoms with van der Waals surface area (Å²) in [6, 6.07) is 15.6. The highest BCUT2D eigenvalue weighted by atomic mass is 32.1. The molecule has 0 fully saturated rings. The Bertz CT molecular complexity index is 1020. The minimum atomic E-state index is 0.615. The molecular formula is C16H12N4OS. The number of rotatable bonds is 2. The van der Waals surface area contributed by atoms with E-state index >= 15 is 0 Å². The first kappa shape index (κ1) is 13.0.